The Balaban J connectivity index is 2.93. The first-order chi connectivity index (χ1) is 7.45. The fraction of sp³-hybridized carbons (Fsp3) is 0.500. The number of nitrogens with two attached hydrogens (primary N) is 1. The lowest BCUT2D eigenvalue weighted by Crippen LogP contribution is -2.26. The van der Waals surface area contributed by atoms with Crippen molar-refractivity contribution in [3.63, 3.8) is 0 Å². The number of aliphatic carboxylic acids is 1. The monoisotopic (exact) mass is 241 g/mol. The van der Waals surface area contributed by atoms with E-state index in [1.54, 1.807) is 0 Å². The van der Waals surface area contributed by atoms with Gasteiger partial charge in [0.1, 0.15) is 5.25 Å². The highest BCUT2D eigenvalue weighted by atomic mass is 32.2. The van der Waals surface area contributed by atoms with Gasteiger partial charge in [0.05, 0.1) is 0 Å². The molecule has 0 bridgehead atoms. The third-order valence-corrected chi connectivity index (χ3v) is 3.42. The van der Waals surface area contributed by atoms with Crippen LogP contribution in [0.1, 0.15) is 17.0 Å². The van der Waals surface area contributed by atoms with Gasteiger partial charge >= 0.3 is 5.97 Å². The van der Waals surface area contributed by atoms with Crippen molar-refractivity contribution in [2.45, 2.75) is 31.2 Å². The average Bonchev–Trinajstić information content (AvgIpc) is 2.21. The fourth-order valence-corrected chi connectivity index (χ4v) is 1.95. The standard InChI is InChI=1S/C10H15N3O2S/c1-5-6(2)12-10(13-7(5)3)16-8(4-11)9(14)15/h8H,4,11H2,1-3H3,(H,14,15). The molecule has 6 heteroatoms. The zero-order chi connectivity index (χ0) is 12.3. The third kappa shape index (κ3) is 2.93. The zero-order valence-electron chi connectivity index (χ0n) is 9.52. The summed E-state index contributed by atoms with van der Waals surface area (Å²) in [6, 6.07) is 0. The smallest absolute Gasteiger partial charge is 0.318 e. The number of carboxylic acids is 1. The number of thioether (sulfide) groups is 1. The molecule has 0 aromatic carbocycles. The van der Waals surface area contributed by atoms with E-state index >= 15 is 0 Å². The molecular weight excluding hydrogens is 226 g/mol. The second-order valence-corrected chi connectivity index (χ2v) is 4.65. The van der Waals surface area contributed by atoms with Gasteiger partial charge in [0.2, 0.25) is 0 Å². The van der Waals surface area contributed by atoms with Crippen LogP contribution in [-0.2, 0) is 4.79 Å². The van der Waals surface area contributed by atoms with Crippen molar-refractivity contribution in [1.29, 1.82) is 0 Å². The second kappa shape index (κ2) is 5.27. The lowest BCUT2D eigenvalue weighted by atomic mass is 10.2. The Kier molecular flexibility index (Phi) is 4.26. The highest BCUT2D eigenvalue weighted by molar-refractivity contribution is 8.00. The quantitative estimate of drug-likeness (QED) is 0.601. The molecule has 0 radical (unpaired) electrons. The molecule has 1 aromatic heterocycles. The van der Waals surface area contributed by atoms with Gasteiger partial charge in [0.15, 0.2) is 5.16 Å². The minimum absolute atomic E-state index is 0.0648. The van der Waals surface area contributed by atoms with Crippen LogP contribution in [0.5, 0.6) is 0 Å². The van der Waals surface area contributed by atoms with Crippen molar-refractivity contribution in [2.24, 2.45) is 5.73 Å². The molecule has 0 aliphatic heterocycles. The summed E-state index contributed by atoms with van der Waals surface area (Å²) < 4.78 is 0. The van der Waals surface area contributed by atoms with Gasteiger partial charge in [-0.1, -0.05) is 11.8 Å². The summed E-state index contributed by atoms with van der Waals surface area (Å²) in [4.78, 5) is 19.3. The van der Waals surface area contributed by atoms with Crippen molar-refractivity contribution in [3.05, 3.63) is 17.0 Å². The average molecular weight is 241 g/mol. The van der Waals surface area contributed by atoms with Crippen molar-refractivity contribution in [1.82, 2.24) is 9.97 Å². The third-order valence-electron chi connectivity index (χ3n) is 2.35. The van der Waals surface area contributed by atoms with Crippen LogP contribution in [0.25, 0.3) is 0 Å². The molecule has 1 rings (SSSR count). The predicted octanol–water partition coefficient (Wildman–Crippen LogP) is 0.906. The highest BCUT2D eigenvalue weighted by Crippen LogP contribution is 2.21. The van der Waals surface area contributed by atoms with Crippen LogP contribution in [0.4, 0.5) is 0 Å². The van der Waals surface area contributed by atoms with E-state index in [9.17, 15) is 4.79 Å². The summed E-state index contributed by atoms with van der Waals surface area (Å²) in [7, 11) is 0. The van der Waals surface area contributed by atoms with Crippen LogP contribution < -0.4 is 5.73 Å². The van der Waals surface area contributed by atoms with E-state index < -0.39 is 11.2 Å². The summed E-state index contributed by atoms with van der Waals surface area (Å²) in [6.45, 7) is 5.77. The number of rotatable bonds is 4. The normalized spacial score (nSPS) is 12.5. The number of hydrogen-bond donors (Lipinski definition) is 2. The summed E-state index contributed by atoms with van der Waals surface area (Å²) in [5.41, 5.74) is 8.14. The summed E-state index contributed by atoms with van der Waals surface area (Å²) in [5, 5.41) is 8.65. The van der Waals surface area contributed by atoms with Gasteiger partial charge < -0.3 is 10.8 Å². The SMILES string of the molecule is Cc1nc(SC(CN)C(=O)O)nc(C)c1C. The van der Waals surface area contributed by atoms with Crippen LogP contribution >= 0.6 is 11.8 Å². The summed E-state index contributed by atoms with van der Waals surface area (Å²) >= 11 is 1.09. The Morgan fingerprint density at radius 2 is 1.88 bits per heavy atom. The number of nitrogens with zero attached hydrogens (tertiary/aromatic N) is 2. The first kappa shape index (κ1) is 12.9. The van der Waals surface area contributed by atoms with E-state index in [2.05, 4.69) is 9.97 Å². The van der Waals surface area contributed by atoms with E-state index in [-0.39, 0.29) is 6.54 Å². The maximum absolute atomic E-state index is 10.8. The fourth-order valence-electron chi connectivity index (χ4n) is 1.12. The maximum Gasteiger partial charge on any atom is 0.318 e. The number of carbonyl (C=O) groups is 1. The van der Waals surface area contributed by atoms with E-state index in [1.165, 1.54) is 0 Å². The minimum atomic E-state index is -0.938. The van der Waals surface area contributed by atoms with Crippen molar-refractivity contribution in [3.8, 4) is 0 Å². The number of hydrogen-bond acceptors (Lipinski definition) is 5. The molecule has 0 amide bonds. The topological polar surface area (TPSA) is 89.1 Å². The molecule has 1 atom stereocenters. The van der Waals surface area contributed by atoms with Gasteiger partial charge in [-0.05, 0) is 26.3 Å². The predicted molar refractivity (Wildman–Crippen MR) is 62.6 cm³/mol. The molecule has 5 nitrogen and oxygen atoms in total. The van der Waals surface area contributed by atoms with Gasteiger partial charge in [-0.15, -0.1) is 0 Å². The van der Waals surface area contributed by atoms with E-state index in [4.69, 9.17) is 10.8 Å². The maximum atomic E-state index is 10.8. The Labute approximate surface area is 98.5 Å². The van der Waals surface area contributed by atoms with Crippen molar-refractivity contribution < 1.29 is 9.90 Å². The molecule has 3 N–H and O–H groups in total. The Hall–Kier alpha value is -1.14. The van der Waals surface area contributed by atoms with Crippen molar-refractivity contribution >= 4 is 17.7 Å². The molecule has 0 aliphatic carbocycles. The number of carboxylic acid groups (broad SMARTS) is 1. The highest BCUT2D eigenvalue weighted by Gasteiger charge is 2.19. The number of aromatic nitrogens is 2. The Morgan fingerprint density at radius 1 is 1.38 bits per heavy atom. The number of aryl methyl sites for hydroxylation is 2. The van der Waals surface area contributed by atoms with E-state index in [0.717, 1.165) is 28.7 Å². The molecule has 0 aliphatic rings. The van der Waals surface area contributed by atoms with Crippen LogP contribution in [0.2, 0.25) is 0 Å². The van der Waals surface area contributed by atoms with Crippen molar-refractivity contribution in [2.75, 3.05) is 6.54 Å². The Bertz CT molecular complexity index is 386. The van der Waals surface area contributed by atoms with Gasteiger partial charge in [0.25, 0.3) is 0 Å². The first-order valence-electron chi connectivity index (χ1n) is 4.87. The molecule has 0 fully saturated rings. The molecule has 1 unspecified atom stereocenters. The molecule has 0 saturated carbocycles. The van der Waals surface area contributed by atoms with E-state index in [1.807, 2.05) is 20.8 Å². The lowest BCUT2D eigenvalue weighted by molar-refractivity contribution is -0.136. The van der Waals surface area contributed by atoms with Gasteiger partial charge in [-0.2, -0.15) is 0 Å². The first-order valence-corrected chi connectivity index (χ1v) is 5.75. The van der Waals surface area contributed by atoms with Crippen LogP contribution in [0, 0.1) is 20.8 Å². The molecule has 0 saturated heterocycles. The zero-order valence-corrected chi connectivity index (χ0v) is 10.3. The second-order valence-electron chi connectivity index (χ2n) is 3.48. The minimum Gasteiger partial charge on any atom is -0.480 e. The van der Waals surface area contributed by atoms with Crippen LogP contribution in [-0.4, -0.2) is 32.8 Å². The van der Waals surface area contributed by atoms with Crippen LogP contribution in [0.15, 0.2) is 5.16 Å². The van der Waals surface area contributed by atoms with E-state index in [0.29, 0.717) is 5.16 Å². The summed E-state index contributed by atoms with van der Waals surface area (Å²) in [5.74, 6) is -0.938. The van der Waals surface area contributed by atoms with Crippen LogP contribution in [0.3, 0.4) is 0 Å². The lowest BCUT2D eigenvalue weighted by Gasteiger charge is -2.10. The molecule has 88 valence electrons. The summed E-state index contributed by atoms with van der Waals surface area (Å²) in [6.07, 6.45) is 0. The van der Waals surface area contributed by atoms with Gasteiger partial charge in [-0.3, -0.25) is 4.79 Å². The molecule has 0 spiro atoms. The molecule has 1 aromatic rings. The van der Waals surface area contributed by atoms with Gasteiger partial charge in [-0.25, -0.2) is 9.97 Å². The molecule has 1 heterocycles. The molecular formula is C10H15N3O2S. The largest absolute Gasteiger partial charge is 0.480 e. The molecule has 16 heavy (non-hydrogen) atoms. The van der Waals surface area contributed by atoms with Gasteiger partial charge in [0, 0.05) is 17.9 Å². The Morgan fingerprint density at radius 3 is 2.25 bits per heavy atom.